The minimum absolute atomic E-state index is 0.440. The van der Waals surface area contributed by atoms with Crippen LogP contribution < -0.4 is 24.6 Å². The highest BCUT2D eigenvalue weighted by molar-refractivity contribution is 5.75. The lowest BCUT2D eigenvalue weighted by atomic mass is 10.1. The number of aromatic nitrogens is 2. The summed E-state index contributed by atoms with van der Waals surface area (Å²) in [5.41, 5.74) is 2.37. The van der Waals surface area contributed by atoms with Crippen molar-refractivity contribution in [3.63, 3.8) is 0 Å². The van der Waals surface area contributed by atoms with Crippen LogP contribution in [0.25, 0.3) is 24.3 Å². The van der Waals surface area contributed by atoms with Gasteiger partial charge >= 0.3 is 5.69 Å². The Bertz CT molecular complexity index is 1080. The third-order valence-corrected chi connectivity index (χ3v) is 4.54. The Kier molecular flexibility index (Phi) is 7.11. The van der Waals surface area contributed by atoms with Gasteiger partial charge in [0.1, 0.15) is 23.0 Å². The topological polar surface area (TPSA) is 82.7 Å². The molecule has 31 heavy (non-hydrogen) atoms. The molecule has 0 atom stereocenters. The Morgan fingerprint density at radius 1 is 0.710 bits per heavy atom. The Hall–Kier alpha value is -4.00. The average Bonchev–Trinajstić information content (AvgIpc) is 2.80. The van der Waals surface area contributed by atoms with Crippen LogP contribution in [-0.2, 0) is 0 Å². The first-order chi connectivity index (χ1) is 15.1. The lowest BCUT2D eigenvalue weighted by Crippen LogP contribution is -2.12. The molecule has 0 radical (unpaired) electrons. The van der Waals surface area contributed by atoms with Gasteiger partial charge < -0.3 is 23.9 Å². The van der Waals surface area contributed by atoms with Gasteiger partial charge in [0.25, 0.3) is 0 Å². The number of nitrogens with zero attached hydrogens (tertiary/aromatic N) is 1. The molecule has 7 nitrogen and oxygen atoms in total. The zero-order valence-corrected chi connectivity index (χ0v) is 17.8. The Morgan fingerprint density at radius 2 is 1.26 bits per heavy atom. The van der Waals surface area contributed by atoms with Crippen LogP contribution in [0.1, 0.15) is 22.5 Å². The predicted molar refractivity (Wildman–Crippen MR) is 122 cm³/mol. The van der Waals surface area contributed by atoms with Crippen LogP contribution in [0.4, 0.5) is 0 Å². The van der Waals surface area contributed by atoms with Crippen LogP contribution in [0.5, 0.6) is 23.0 Å². The fourth-order valence-electron chi connectivity index (χ4n) is 2.94. The molecule has 0 saturated heterocycles. The first kappa shape index (κ1) is 21.7. The standard InChI is InChI=1S/C24H24N2O5/c1-28-20-11-7-16(22(14-20)30-3)5-9-18-13-19(26-24(27)25-18)10-6-17-8-12-21(29-2)15-23(17)31-4/h5-15H,1-4H3,(H,25,26,27)/b9-5+,10-6+. The Morgan fingerprint density at radius 3 is 1.77 bits per heavy atom. The van der Waals surface area contributed by atoms with Gasteiger partial charge in [0.05, 0.1) is 34.1 Å². The van der Waals surface area contributed by atoms with E-state index in [1.807, 2.05) is 36.4 Å². The van der Waals surface area contributed by atoms with Crippen molar-refractivity contribution >= 4 is 24.3 Å². The molecule has 0 saturated carbocycles. The summed E-state index contributed by atoms with van der Waals surface area (Å²) in [7, 11) is 6.38. The van der Waals surface area contributed by atoms with E-state index in [1.54, 1.807) is 58.8 Å². The molecule has 1 heterocycles. The van der Waals surface area contributed by atoms with Gasteiger partial charge in [0, 0.05) is 29.0 Å². The number of ether oxygens (including phenoxy) is 4. The molecule has 0 spiro atoms. The summed E-state index contributed by atoms with van der Waals surface area (Å²) in [5.74, 6) is 2.73. The first-order valence-corrected chi connectivity index (χ1v) is 9.48. The van der Waals surface area contributed by atoms with E-state index in [1.165, 1.54) is 0 Å². The second-order valence-electron chi connectivity index (χ2n) is 6.45. The minimum atomic E-state index is -0.440. The zero-order valence-electron chi connectivity index (χ0n) is 17.8. The van der Waals surface area contributed by atoms with Crippen molar-refractivity contribution in [3.05, 3.63) is 75.5 Å². The van der Waals surface area contributed by atoms with Crippen LogP contribution in [0, 0.1) is 0 Å². The van der Waals surface area contributed by atoms with Gasteiger partial charge in [0.2, 0.25) is 0 Å². The van der Waals surface area contributed by atoms with Crippen molar-refractivity contribution < 1.29 is 18.9 Å². The number of benzene rings is 2. The van der Waals surface area contributed by atoms with Crippen LogP contribution in [0.3, 0.4) is 0 Å². The maximum atomic E-state index is 12.0. The molecule has 0 amide bonds. The molecule has 1 aromatic heterocycles. The van der Waals surface area contributed by atoms with E-state index >= 15 is 0 Å². The van der Waals surface area contributed by atoms with Crippen molar-refractivity contribution in [1.82, 2.24) is 9.97 Å². The Labute approximate surface area is 180 Å². The molecule has 0 aliphatic carbocycles. The molecule has 0 aliphatic rings. The lowest BCUT2D eigenvalue weighted by Gasteiger charge is -2.07. The summed E-state index contributed by atoms with van der Waals surface area (Å²) in [6, 6.07) is 12.8. The minimum Gasteiger partial charge on any atom is -0.497 e. The monoisotopic (exact) mass is 420 g/mol. The number of aromatic amines is 1. The molecule has 0 fully saturated rings. The van der Waals surface area contributed by atoms with Crippen LogP contribution in [0.15, 0.2) is 47.3 Å². The molecular weight excluding hydrogens is 396 g/mol. The van der Waals surface area contributed by atoms with Crippen molar-refractivity contribution in [3.8, 4) is 23.0 Å². The Balaban J connectivity index is 1.87. The normalized spacial score (nSPS) is 11.1. The molecule has 0 bridgehead atoms. The van der Waals surface area contributed by atoms with Gasteiger partial charge in [-0.2, -0.15) is 4.98 Å². The van der Waals surface area contributed by atoms with Crippen LogP contribution >= 0.6 is 0 Å². The molecule has 3 rings (SSSR count). The smallest absolute Gasteiger partial charge is 0.345 e. The van der Waals surface area contributed by atoms with Gasteiger partial charge in [0.15, 0.2) is 0 Å². The molecule has 1 N–H and O–H groups in total. The molecule has 0 aliphatic heterocycles. The third-order valence-electron chi connectivity index (χ3n) is 4.54. The van der Waals surface area contributed by atoms with Crippen molar-refractivity contribution in [2.24, 2.45) is 0 Å². The van der Waals surface area contributed by atoms with Crippen molar-refractivity contribution in [2.45, 2.75) is 0 Å². The van der Waals surface area contributed by atoms with Crippen molar-refractivity contribution in [1.29, 1.82) is 0 Å². The largest absolute Gasteiger partial charge is 0.497 e. The maximum Gasteiger partial charge on any atom is 0.345 e. The van der Waals surface area contributed by atoms with Crippen LogP contribution in [-0.4, -0.2) is 38.4 Å². The quantitative estimate of drug-likeness (QED) is 0.590. The van der Waals surface area contributed by atoms with Gasteiger partial charge in [-0.3, -0.25) is 0 Å². The van der Waals surface area contributed by atoms with E-state index < -0.39 is 5.69 Å². The molecule has 3 aromatic rings. The van der Waals surface area contributed by atoms with Gasteiger partial charge in [-0.1, -0.05) is 0 Å². The second kappa shape index (κ2) is 10.2. The summed E-state index contributed by atoms with van der Waals surface area (Å²) in [6.07, 6.45) is 7.23. The van der Waals surface area contributed by atoms with Gasteiger partial charge in [-0.15, -0.1) is 0 Å². The molecule has 160 valence electrons. The summed E-state index contributed by atoms with van der Waals surface area (Å²) in [4.78, 5) is 18.8. The summed E-state index contributed by atoms with van der Waals surface area (Å²) in [6.45, 7) is 0. The summed E-state index contributed by atoms with van der Waals surface area (Å²) < 4.78 is 21.2. The molecule has 7 heteroatoms. The average molecular weight is 420 g/mol. The van der Waals surface area contributed by atoms with Crippen LogP contribution in [0.2, 0.25) is 0 Å². The number of hydrogen-bond donors (Lipinski definition) is 1. The van der Waals surface area contributed by atoms with E-state index in [2.05, 4.69) is 9.97 Å². The lowest BCUT2D eigenvalue weighted by molar-refractivity contribution is 0.393. The summed E-state index contributed by atoms with van der Waals surface area (Å²) >= 11 is 0. The summed E-state index contributed by atoms with van der Waals surface area (Å²) in [5, 5.41) is 0. The number of hydrogen-bond acceptors (Lipinski definition) is 6. The molecule has 0 unspecified atom stereocenters. The molecular formula is C24H24N2O5. The zero-order chi connectivity index (χ0) is 22.2. The maximum absolute atomic E-state index is 12.0. The number of methoxy groups -OCH3 is 4. The van der Waals surface area contributed by atoms with E-state index in [0.717, 1.165) is 11.1 Å². The van der Waals surface area contributed by atoms with E-state index in [4.69, 9.17) is 18.9 Å². The highest BCUT2D eigenvalue weighted by Gasteiger charge is 2.04. The van der Waals surface area contributed by atoms with E-state index in [-0.39, 0.29) is 0 Å². The molecule has 2 aromatic carbocycles. The van der Waals surface area contributed by atoms with Gasteiger partial charge in [-0.25, -0.2) is 4.79 Å². The van der Waals surface area contributed by atoms with E-state index in [9.17, 15) is 4.79 Å². The number of nitrogens with one attached hydrogen (secondary N) is 1. The fourth-order valence-corrected chi connectivity index (χ4v) is 2.94. The second-order valence-corrected chi connectivity index (χ2v) is 6.45. The fraction of sp³-hybridized carbons (Fsp3) is 0.167. The first-order valence-electron chi connectivity index (χ1n) is 9.48. The number of H-pyrrole nitrogens is 1. The highest BCUT2D eigenvalue weighted by atomic mass is 16.5. The number of rotatable bonds is 8. The highest BCUT2D eigenvalue weighted by Crippen LogP contribution is 2.27. The van der Waals surface area contributed by atoms with Crippen molar-refractivity contribution in [2.75, 3.05) is 28.4 Å². The predicted octanol–water partition coefficient (Wildman–Crippen LogP) is 4.15. The SMILES string of the molecule is COc1ccc(/C=C/c2cc(/C=C/c3ccc(OC)cc3OC)[nH]c(=O)n2)c(OC)c1. The van der Waals surface area contributed by atoms with E-state index in [0.29, 0.717) is 34.4 Å². The van der Waals surface area contributed by atoms with Gasteiger partial charge in [-0.05, 0) is 54.6 Å². The third kappa shape index (κ3) is 5.54.